The lowest BCUT2D eigenvalue weighted by molar-refractivity contribution is -0.157. The van der Waals surface area contributed by atoms with Crippen molar-refractivity contribution in [3.05, 3.63) is 59.7 Å². The lowest BCUT2D eigenvalue weighted by Gasteiger charge is -2.20. The number of aliphatic carboxylic acids is 1. The highest BCUT2D eigenvalue weighted by Gasteiger charge is 2.30. The van der Waals surface area contributed by atoms with Gasteiger partial charge in [0.15, 0.2) is 0 Å². The van der Waals surface area contributed by atoms with E-state index in [-0.39, 0.29) is 49.0 Å². The normalized spacial score (nSPS) is 13.0. The van der Waals surface area contributed by atoms with Crippen molar-refractivity contribution in [2.24, 2.45) is 0 Å². The predicted molar refractivity (Wildman–Crippen MR) is 240 cm³/mol. The highest BCUT2D eigenvalue weighted by Crippen LogP contribution is 2.44. The van der Waals surface area contributed by atoms with E-state index in [4.69, 9.17) is 14.2 Å². The van der Waals surface area contributed by atoms with Crippen molar-refractivity contribution in [3.63, 3.8) is 0 Å². The number of carbonyl (C=O) groups excluding carboxylic acids is 3. The quantitative estimate of drug-likeness (QED) is 0.0396. The van der Waals surface area contributed by atoms with Crippen LogP contribution in [0.3, 0.4) is 0 Å². The molecule has 2 atom stereocenters. The maximum Gasteiger partial charge on any atom is 0.407 e. The molecule has 2 N–H and O–H groups in total. The maximum atomic E-state index is 12.9. The molecule has 0 aromatic heterocycles. The van der Waals surface area contributed by atoms with Crippen LogP contribution in [0.15, 0.2) is 48.5 Å². The van der Waals surface area contributed by atoms with Crippen LogP contribution in [-0.4, -0.2) is 66.0 Å². The Bertz CT molecular complexity index is 1440. The van der Waals surface area contributed by atoms with Crippen LogP contribution in [0.4, 0.5) is 4.79 Å². The van der Waals surface area contributed by atoms with Crippen LogP contribution in [0.25, 0.3) is 11.1 Å². The molecule has 0 bridgehead atoms. The highest BCUT2D eigenvalue weighted by molar-refractivity contribution is 7.99. The minimum Gasteiger partial charge on any atom is -0.480 e. The number of carboxylic acid groups (broad SMARTS) is 1. The fourth-order valence-electron chi connectivity index (χ4n) is 7.76. The molecule has 2 aromatic rings. The Morgan fingerprint density at radius 3 is 1.51 bits per heavy atom. The average Bonchev–Trinajstić information content (AvgIpc) is 3.55. The molecule has 0 fully saturated rings. The molecule has 2 aromatic carbocycles. The van der Waals surface area contributed by atoms with E-state index in [1.807, 2.05) is 36.4 Å². The SMILES string of the molecule is CCCCCCCCCCCCCC(=O)OCC(CSCC(NC(=O)OCC1c2ccccc2-c2ccccc21)C(=O)O)OC(=O)CCCCCCCCCCCCC. The lowest BCUT2D eigenvalue weighted by Crippen LogP contribution is -2.43. The van der Waals surface area contributed by atoms with E-state index in [9.17, 15) is 24.3 Å². The Kier molecular flexibility index (Phi) is 26.5. The molecular formula is C49H75NO8S. The smallest absolute Gasteiger partial charge is 0.407 e. The van der Waals surface area contributed by atoms with Crippen molar-refractivity contribution in [2.75, 3.05) is 24.7 Å². The van der Waals surface area contributed by atoms with E-state index >= 15 is 0 Å². The molecule has 9 nitrogen and oxygen atoms in total. The fraction of sp³-hybridized carbons (Fsp3) is 0.673. The van der Waals surface area contributed by atoms with Crippen LogP contribution < -0.4 is 5.32 Å². The van der Waals surface area contributed by atoms with Crippen molar-refractivity contribution < 1.29 is 38.5 Å². The first-order chi connectivity index (χ1) is 28.8. The molecule has 0 saturated carbocycles. The summed E-state index contributed by atoms with van der Waals surface area (Å²) in [5.41, 5.74) is 4.34. The van der Waals surface area contributed by atoms with Gasteiger partial charge in [-0.25, -0.2) is 9.59 Å². The molecule has 1 amide bonds. The second-order valence-electron chi connectivity index (χ2n) is 16.3. The van der Waals surface area contributed by atoms with Crippen LogP contribution in [0.2, 0.25) is 0 Å². The summed E-state index contributed by atoms with van der Waals surface area (Å²) in [7, 11) is 0. The minimum absolute atomic E-state index is 0.0128. The van der Waals surface area contributed by atoms with Crippen molar-refractivity contribution >= 4 is 35.8 Å². The third kappa shape index (κ3) is 21.0. The van der Waals surface area contributed by atoms with Gasteiger partial charge in [0.2, 0.25) is 0 Å². The number of nitrogens with one attached hydrogen (secondary N) is 1. The second-order valence-corrected chi connectivity index (χ2v) is 17.3. The van der Waals surface area contributed by atoms with Gasteiger partial charge in [0.25, 0.3) is 0 Å². The second kappa shape index (κ2) is 31.4. The van der Waals surface area contributed by atoms with E-state index < -0.39 is 24.2 Å². The Morgan fingerprint density at radius 2 is 1.03 bits per heavy atom. The number of fused-ring (bicyclic) bond motifs is 3. The molecule has 0 saturated heterocycles. The Morgan fingerprint density at radius 1 is 0.593 bits per heavy atom. The largest absolute Gasteiger partial charge is 0.480 e. The van der Waals surface area contributed by atoms with Gasteiger partial charge in [0.05, 0.1) is 0 Å². The van der Waals surface area contributed by atoms with Gasteiger partial charge in [-0.2, -0.15) is 11.8 Å². The first kappa shape index (κ1) is 49.8. The van der Waals surface area contributed by atoms with E-state index in [1.165, 1.54) is 114 Å². The molecule has 0 radical (unpaired) electrons. The zero-order chi connectivity index (χ0) is 42.3. The van der Waals surface area contributed by atoms with Gasteiger partial charge in [-0.15, -0.1) is 0 Å². The van der Waals surface area contributed by atoms with Gasteiger partial charge in [0, 0.05) is 30.3 Å². The number of thioether (sulfide) groups is 1. The average molecular weight is 838 g/mol. The van der Waals surface area contributed by atoms with Gasteiger partial charge in [-0.3, -0.25) is 9.59 Å². The zero-order valence-electron chi connectivity index (χ0n) is 36.4. The number of rotatable bonds is 35. The van der Waals surface area contributed by atoms with E-state index in [2.05, 4.69) is 31.3 Å². The fourth-order valence-corrected chi connectivity index (χ4v) is 8.79. The Hall–Kier alpha value is -3.53. The maximum absolute atomic E-state index is 12.9. The Balaban J connectivity index is 1.41. The number of amides is 1. The number of unbranched alkanes of at least 4 members (excludes halogenated alkanes) is 20. The molecule has 1 aliphatic rings. The topological polar surface area (TPSA) is 128 Å². The monoisotopic (exact) mass is 838 g/mol. The standard InChI is InChI=1S/C49H75NO8S/c1-3-5-7-9-11-13-15-17-19-21-23-33-46(51)56-35-39(58-47(52)34-24-22-20-18-16-14-12-10-8-6-4-2)37-59-38-45(48(53)54)50-49(55)57-36-44-42-31-27-25-29-40(42)41-30-26-28-32-43(41)44/h25-32,39,44-45H,3-24,33-38H2,1-2H3,(H,50,55)(H,53,54). The highest BCUT2D eigenvalue weighted by atomic mass is 32.2. The van der Waals surface area contributed by atoms with Crippen LogP contribution >= 0.6 is 11.8 Å². The number of ether oxygens (including phenoxy) is 3. The molecule has 0 spiro atoms. The summed E-state index contributed by atoms with van der Waals surface area (Å²) in [5.74, 6) is -1.79. The lowest BCUT2D eigenvalue weighted by atomic mass is 9.98. The first-order valence-electron chi connectivity index (χ1n) is 23.1. The van der Waals surface area contributed by atoms with Crippen LogP contribution in [0.5, 0.6) is 0 Å². The third-order valence-corrected chi connectivity index (χ3v) is 12.4. The van der Waals surface area contributed by atoms with Crippen molar-refractivity contribution in [3.8, 4) is 11.1 Å². The number of alkyl carbamates (subject to hydrolysis) is 1. The number of benzene rings is 2. The summed E-state index contributed by atoms with van der Waals surface area (Å²) in [5, 5.41) is 12.4. The summed E-state index contributed by atoms with van der Waals surface area (Å²) < 4.78 is 16.9. The molecule has 0 heterocycles. The van der Waals surface area contributed by atoms with Crippen molar-refractivity contribution in [1.29, 1.82) is 0 Å². The summed E-state index contributed by atoms with van der Waals surface area (Å²) in [6.45, 7) is 4.45. The number of hydrogen-bond acceptors (Lipinski definition) is 8. The van der Waals surface area contributed by atoms with E-state index in [0.717, 1.165) is 60.8 Å². The molecule has 2 unspecified atom stereocenters. The summed E-state index contributed by atoms with van der Waals surface area (Å²) in [6, 6.07) is 14.8. The van der Waals surface area contributed by atoms with Gasteiger partial charge in [0.1, 0.15) is 25.4 Å². The van der Waals surface area contributed by atoms with E-state index in [0.29, 0.717) is 6.42 Å². The van der Waals surface area contributed by atoms with Crippen LogP contribution in [0, 0.1) is 0 Å². The minimum atomic E-state index is -1.23. The van der Waals surface area contributed by atoms with Crippen molar-refractivity contribution in [2.45, 2.75) is 186 Å². The predicted octanol–water partition coefficient (Wildman–Crippen LogP) is 12.6. The van der Waals surface area contributed by atoms with Gasteiger partial charge in [-0.1, -0.05) is 191 Å². The summed E-state index contributed by atoms with van der Waals surface area (Å²) >= 11 is 1.22. The van der Waals surface area contributed by atoms with Crippen molar-refractivity contribution in [1.82, 2.24) is 5.32 Å². The number of carbonyl (C=O) groups is 4. The number of carboxylic acids is 1. The van der Waals surface area contributed by atoms with Crippen LogP contribution in [0.1, 0.15) is 185 Å². The van der Waals surface area contributed by atoms with Crippen LogP contribution in [-0.2, 0) is 28.6 Å². The molecule has 59 heavy (non-hydrogen) atoms. The number of esters is 2. The molecular weight excluding hydrogens is 763 g/mol. The summed E-state index contributed by atoms with van der Waals surface area (Å²) in [6.07, 6.45) is 25.1. The molecule has 330 valence electrons. The Labute approximate surface area is 359 Å². The molecule has 0 aliphatic heterocycles. The van der Waals surface area contributed by atoms with Gasteiger partial charge < -0.3 is 24.6 Å². The first-order valence-corrected chi connectivity index (χ1v) is 24.3. The zero-order valence-corrected chi connectivity index (χ0v) is 37.2. The van der Waals surface area contributed by atoms with E-state index in [1.54, 1.807) is 0 Å². The number of hydrogen-bond donors (Lipinski definition) is 2. The van der Waals surface area contributed by atoms with Gasteiger partial charge >= 0.3 is 24.0 Å². The molecule has 10 heteroatoms. The third-order valence-electron chi connectivity index (χ3n) is 11.2. The molecule has 3 rings (SSSR count). The van der Waals surface area contributed by atoms with Gasteiger partial charge in [-0.05, 0) is 35.1 Å². The molecule has 1 aliphatic carbocycles. The summed E-state index contributed by atoms with van der Waals surface area (Å²) in [4.78, 5) is 50.6.